The Morgan fingerprint density at radius 1 is 1.44 bits per heavy atom. The Morgan fingerprint density at radius 2 is 2.22 bits per heavy atom. The summed E-state index contributed by atoms with van der Waals surface area (Å²) in [4.78, 5) is 18.6. The quantitative estimate of drug-likeness (QED) is 0.910. The zero-order valence-corrected chi connectivity index (χ0v) is 12.0. The molecule has 1 heterocycles. The Morgan fingerprint density at radius 3 is 2.89 bits per heavy atom. The van der Waals surface area contributed by atoms with Gasteiger partial charge in [0.1, 0.15) is 5.82 Å². The summed E-state index contributed by atoms with van der Waals surface area (Å²) in [6.07, 6.45) is 0. The zero-order valence-electron chi connectivity index (χ0n) is 9.63. The fourth-order valence-electron chi connectivity index (χ4n) is 1.56. The summed E-state index contributed by atoms with van der Waals surface area (Å²) in [5, 5.41) is 3.58. The van der Waals surface area contributed by atoms with Crippen LogP contribution in [0.15, 0.2) is 33.5 Å². The van der Waals surface area contributed by atoms with Crippen LogP contribution in [-0.2, 0) is 6.54 Å². The molecule has 1 aromatic carbocycles. The number of aromatic amines is 1. The van der Waals surface area contributed by atoms with Crippen LogP contribution < -0.4 is 10.9 Å². The molecule has 0 unspecified atom stereocenters. The number of hydrogen-bond donors (Lipinski definition) is 2. The molecule has 2 N–H and O–H groups in total. The molecule has 0 atom stereocenters. The summed E-state index contributed by atoms with van der Waals surface area (Å²) in [6, 6.07) is 6.87. The lowest BCUT2D eigenvalue weighted by molar-refractivity contribution is 0.785. The topological polar surface area (TPSA) is 57.8 Å². The third-order valence-electron chi connectivity index (χ3n) is 2.35. The Labute approximate surface area is 118 Å². The van der Waals surface area contributed by atoms with E-state index in [1.165, 1.54) is 6.07 Å². The first kappa shape index (κ1) is 13.3. The predicted molar refractivity (Wildman–Crippen MR) is 75.8 cm³/mol. The van der Waals surface area contributed by atoms with Crippen LogP contribution in [0.3, 0.4) is 0 Å². The molecule has 0 fully saturated rings. The minimum Gasteiger partial charge on any atom is -0.314 e. The highest BCUT2D eigenvalue weighted by atomic mass is 79.9. The van der Waals surface area contributed by atoms with E-state index in [4.69, 9.17) is 11.6 Å². The van der Waals surface area contributed by atoms with Gasteiger partial charge in [-0.1, -0.05) is 11.6 Å². The highest BCUT2D eigenvalue weighted by Crippen LogP contribution is 2.26. The summed E-state index contributed by atoms with van der Waals surface area (Å²) in [5.41, 5.74) is 1.33. The molecule has 0 aliphatic heterocycles. The van der Waals surface area contributed by atoms with E-state index in [-0.39, 0.29) is 5.56 Å². The molecule has 0 amide bonds. The molecule has 0 saturated heterocycles. The first-order valence-electron chi connectivity index (χ1n) is 5.30. The molecule has 18 heavy (non-hydrogen) atoms. The Balaban J connectivity index is 2.49. The van der Waals surface area contributed by atoms with Crippen molar-refractivity contribution in [2.75, 3.05) is 7.05 Å². The number of aromatic nitrogens is 2. The van der Waals surface area contributed by atoms with Crippen molar-refractivity contribution in [1.29, 1.82) is 0 Å². The van der Waals surface area contributed by atoms with E-state index in [1.54, 1.807) is 13.1 Å². The van der Waals surface area contributed by atoms with Crippen molar-refractivity contribution in [1.82, 2.24) is 15.3 Å². The SMILES string of the molecule is CNCc1cc(=O)[nH]c(-c2ccc(Cl)c(Br)c2)n1. The second kappa shape index (κ2) is 5.65. The lowest BCUT2D eigenvalue weighted by atomic mass is 10.2. The van der Waals surface area contributed by atoms with Crippen LogP contribution in [0, 0.1) is 0 Å². The van der Waals surface area contributed by atoms with Crippen molar-refractivity contribution in [3.63, 3.8) is 0 Å². The fourth-order valence-corrected chi connectivity index (χ4v) is 2.06. The molecular formula is C12H11BrClN3O. The molecular weight excluding hydrogens is 318 g/mol. The van der Waals surface area contributed by atoms with Crippen molar-refractivity contribution >= 4 is 27.5 Å². The highest BCUT2D eigenvalue weighted by Gasteiger charge is 2.06. The summed E-state index contributed by atoms with van der Waals surface area (Å²) in [7, 11) is 1.81. The Bertz CT molecular complexity index is 627. The second-order valence-corrected chi connectivity index (χ2v) is 5.01. The maximum atomic E-state index is 11.5. The molecule has 2 rings (SSSR count). The van der Waals surface area contributed by atoms with Gasteiger partial charge < -0.3 is 10.3 Å². The fraction of sp³-hybridized carbons (Fsp3) is 0.167. The number of halogens is 2. The Hall–Kier alpha value is -1.17. The van der Waals surface area contributed by atoms with Gasteiger partial charge in [-0.2, -0.15) is 0 Å². The smallest absolute Gasteiger partial charge is 0.251 e. The molecule has 0 bridgehead atoms. The van der Waals surface area contributed by atoms with E-state index in [0.717, 1.165) is 10.0 Å². The third kappa shape index (κ3) is 2.98. The van der Waals surface area contributed by atoms with Gasteiger partial charge in [0, 0.05) is 22.6 Å². The number of nitrogens with zero attached hydrogens (tertiary/aromatic N) is 1. The van der Waals surface area contributed by atoms with Crippen LogP contribution in [0.25, 0.3) is 11.4 Å². The number of nitrogens with one attached hydrogen (secondary N) is 2. The van der Waals surface area contributed by atoms with Gasteiger partial charge in [-0.15, -0.1) is 0 Å². The Kier molecular flexibility index (Phi) is 4.16. The first-order chi connectivity index (χ1) is 8.60. The first-order valence-corrected chi connectivity index (χ1v) is 6.47. The van der Waals surface area contributed by atoms with E-state index in [1.807, 2.05) is 12.1 Å². The van der Waals surface area contributed by atoms with E-state index in [9.17, 15) is 4.79 Å². The molecule has 4 nitrogen and oxygen atoms in total. The molecule has 0 aliphatic carbocycles. The van der Waals surface area contributed by atoms with Crippen LogP contribution >= 0.6 is 27.5 Å². The molecule has 6 heteroatoms. The maximum Gasteiger partial charge on any atom is 0.251 e. The average Bonchev–Trinajstić information content (AvgIpc) is 2.32. The minimum atomic E-state index is -0.170. The van der Waals surface area contributed by atoms with Gasteiger partial charge in [0.25, 0.3) is 5.56 Å². The minimum absolute atomic E-state index is 0.170. The van der Waals surface area contributed by atoms with Crippen molar-refractivity contribution in [3.8, 4) is 11.4 Å². The van der Waals surface area contributed by atoms with E-state index in [2.05, 4.69) is 31.2 Å². The van der Waals surface area contributed by atoms with Gasteiger partial charge in [0.05, 0.1) is 10.7 Å². The van der Waals surface area contributed by atoms with E-state index in [0.29, 0.717) is 23.1 Å². The third-order valence-corrected chi connectivity index (χ3v) is 3.56. The van der Waals surface area contributed by atoms with Crippen molar-refractivity contribution in [3.05, 3.63) is 49.8 Å². The van der Waals surface area contributed by atoms with Gasteiger partial charge in [0.2, 0.25) is 0 Å². The largest absolute Gasteiger partial charge is 0.314 e. The number of H-pyrrole nitrogens is 1. The summed E-state index contributed by atoms with van der Waals surface area (Å²) >= 11 is 9.28. The molecule has 2 aromatic rings. The molecule has 0 aliphatic rings. The number of benzene rings is 1. The summed E-state index contributed by atoms with van der Waals surface area (Å²) < 4.78 is 0.767. The number of rotatable bonds is 3. The van der Waals surface area contributed by atoms with E-state index >= 15 is 0 Å². The highest BCUT2D eigenvalue weighted by molar-refractivity contribution is 9.10. The lowest BCUT2D eigenvalue weighted by Crippen LogP contribution is -2.14. The predicted octanol–water partition coefficient (Wildman–Crippen LogP) is 2.57. The van der Waals surface area contributed by atoms with Crippen LogP contribution in [0.1, 0.15) is 5.69 Å². The molecule has 1 aromatic heterocycles. The van der Waals surface area contributed by atoms with Gasteiger partial charge in [-0.05, 0) is 41.2 Å². The van der Waals surface area contributed by atoms with Crippen molar-refractivity contribution in [2.45, 2.75) is 6.54 Å². The van der Waals surface area contributed by atoms with Crippen LogP contribution in [-0.4, -0.2) is 17.0 Å². The standard InChI is InChI=1S/C12H11BrClN3O/c1-15-6-8-5-11(18)17-12(16-8)7-2-3-10(14)9(13)4-7/h2-5,15H,6H2,1H3,(H,16,17,18). The molecule has 0 spiro atoms. The van der Waals surface area contributed by atoms with Gasteiger partial charge >= 0.3 is 0 Å². The molecule has 0 radical (unpaired) electrons. The van der Waals surface area contributed by atoms with Crippen LogP contribution in [0.4, 0.5) is 0 Å². The lowest BCUT2D eigenvalue weighted by Gasteiger charge is -2.05. The zero-order chi connectivity index (χ0) is 13.1. The average molecular weight is 329 g/mol. The second-order valence-electron chi connectivity index (χ2n) is 3.74. The van der Waals surface area contributed by atoms with Gasteiger partial charge in [-0.25, -0.2) is 4.98 Å². The molecule has 94 valence electrons. The van der Waals surface area contributed by atoms with Crippen molar-refractivity contribution < 1.29 is 0 Å². The van der Waals surface area contributed by atoms with Gasteiger partial charge in [-0.3, -0.25) is 4.79 Å². The maximum absolute atomic E-state index is 11.5. The summed E-state index contributed by atoms with van der Waals surface area (Å²) in [5.74, 6) is 0.533. The van der Waals surface area contributed by atoms with Crippen LogP contribution in [0.2, 0.25) is 5.02 Å². The van der Waals surface area contributed by atoms with Crippen molar-refractivity contribution in [2.24, 2.45) is 0 Å². The van der Waals surface area contributed by atoms with Crippen LogP contribution in [0.5, 0.6) is 0 Å². The molecule has 0 saturated carbocycles. The summed E-state index contributed by atoms with van der Waals surface area (Å²) in [6.45, 7) is 0.547. The van der Waals surface area contributed by atoms with Gasteiger partial charge in [0.15, 0.2) is 0 Å². The van der Waals surface area contributed by atoms with E-state index < -0.39 is 0 Å². The number of hydrogen-bond acceptors (Lipinski definition) is 3. The monoisotopic (exact) mass is 327 g/mol. The normalized spacial score (nSPS) is 10.6.